The van der Waals surface area contributed by atoms with Gasteiger partial charge in [-0.15, -0.1) is 0 Å². The van der Waals surface area contributed by atoms with Gasteiger partial charge in [0.1, 0.15) is 16.7 Å². The van der Waals surface area contributed by atoms with Crippen molar-refractivity contribution < 1.29 is 202 Å². The number of aryl methyl sites for hydroxylation is 2. The first kappa shape index (κ1) is 55.1. The molecule has 0 saturated carbocycles. The van der Waals surface area contributed by atoms with E-state index in [0.29, 0.717) is 52.3 Å². The summed E-state index contributed by atoms with van der Waals surface area (Å²) in [5.74, 6) is 0.166. The van der Waals surface area contributed by atoms with Gasteiger partial charge in [0, 0.05) is 12.4 Å². The summed E-state index contributed by atoms with van der Waals surface area (Å²) in [6.45, 7) is 21.1. The molecule has 2 unspecified atom stereocenters. The topological polar surface area (TPSA) is 225 Å². The Kier molecular flexibility index (Phi) is 26.7. The molecular formula is C37H37B2ClCs2N4O13. The van der Waals surface area contributed by atoms with Gasteiger partial charge < -0.3 is 50.2 Å². The Labute approximate surface area is 465 Å². The first-order valence-corrected chi connectivity index (χ1v) is 17.3. The molecule has 0 bridgehead atoms. The van der Waals surface area contributed by atoms with Crippen LogP contribution >= 0.6 is 11.6 Å². The standard InChI is InChI=1S/C18H17BN2O5.C12H15BO5.C6H3ClN2.CH2O3.2Cs.H/c1-4-24-17(22)9-15-18-11(2)7-13(8-14(18)19(23)26-15)25-16-6-5-12(20-3)10-21-16;1-3-17-11(15)6-10-12-7(2)4-8(14)5-9(12)13(16)18-10;1-8-5-2-3-6(7)9-4-5;2-1-4-3;;;/h5-8,10,15,23H,4,9H2,1-2H3;4-5,10,14,16H,3,6H2,1-2H3;2-4H;1,3H;;;/q;;;;2*+1;-1/p-1. The fourth-order valence-electron chi connectivity index (χ4n) is 5.64. The molecular weight excluding hydrogens is 1030 g/mol. The third-order valence-corrected chi connectivity index (χ3v) is 8.05. The zero-order valence-corrected chi connectivity index (χ0v) is 46.4. The van der Waals surface area contributed by atoms with E-state index in [1.54, 1.807) is 63.2 Å². The fourth-order valence-corrected chi connectivity index (χ4v) is 5.75. The second-order valence-electron chi connectivity index (χ2n) is 11.7. The van der Waals surface area contributed by atoms with E-state index in [1.807, 2.05) is 6.92 Å². The van der Waals surface area contributed by atoms with E-state index in [-0.39, 0.29) is 176 Å². The van der Waals surface area contributed by atoms with Crippen molar-refractivity contribution in [2.24, 2.45) is 0 Å². The number of pyridine rings is 2. The molecule has 4 heterocycles. The van der Waals surface area contributed by atoms with Crippen molar-refractivity contribution in [1.29, 1.82) is 0 Å². The molecule has 0 aliphatic carbocycles. The van der Waals surface area contributed by atoms with Crippen LogP contribution in [0.15, 0.2) is 60.9 Å². The van der Waals surface area contributed by atoms with Crippen molar-refractivity contribution >= 4 is 66.5 Å². The van der Waals surface area contributed by atoms with Gasteiger partial charge >= 0.3 is 164 Å². The van der Waals surface area contributed by atoms with Gasteiger partial charge in [-0.1, -0.05) is 17.7 Å². The Balaban J connectivity index is 0.000000889. The second kappa shape index (κ2) is 28.6. The third kappa shape index (κ3) is 17.4. The van der Waals surface area contributed by atoms with Crippen molar-refractivity contribution in [2.75, 3.05) is 13.2 Å². The van der Waals surface area contributed by atoms with Crippen molar-refractivity contribution in [1.82, 2.24) is 9.97 Å². The molecule has 6 rings (SSSR count). The summed E-state index contributed by atoms with van der Waals surface area (Å²) in [4.78, 5) is 48.7. The quantitative estimate of drug-likeness (QED) is 0.0305. The largest absolute Gasteiger partial charge is 1.00 e. The number of hydrogen-bond donors (Lipinski definition) is 3. The van der Waals surface area contributed by atoms with Crippen LogP contribution < -0.4 is 159 Å². The number of carbonyl (C=O) groups is 3. The number of nitrogens with zero attached hydrogens (tertiary/aromatic N) is 4. The minimum absolute atomic E-state index is 0. The number of fused-ring (bicyclic) bond motifs is 2. The number of hydrogen-bond acceptors (Lipinski definition) is 15. The number of phenolic OH excluding ortho intramolecular Hbond substituents is 1. The summed E-state index contributed by atoms with van der Waals surface area (Å²) in [6.07, 6.45) is 1.90. The molecule has 59 heavy (non-hydrogen) atoms. The normalized spacial score (nSPS) is 13.8. The molecule has 2 aliphatic heterocycles. The van der Waals surface area contributed by atoms with Crippen molar-refractivity contribution in [3.63, 3.8) is 0 Å². The first-order valence-electron chi connectivity index (χ1n) is 17.0. The number of phenols is 1. The number of carbonyl (C=O) groups excluding carboxylic acids is 3. The van der Waals surface area contributed by atoms with Gasteiger partial charge in [0.05, 0.1) is 51.4 Å². The van der Waals surface area contributed by atoms with E-state index in [4.69, 9.17) is 58.3 Å². The molecule has 17 nitrogen and oxygen atoms in total. The number of halogens is 1. The van der Waals surface area contributed by atoms with Gasteiger partial charge in [-0.3, -0.25) is 19.4 Å². The average molecular weight is 1070 g/mol. The van der Waals surface area contributed by atoms with Crippen molar-refractivity contribution in [3.05, 3.63) is 111 Å². The Morgan fingerprint density at radius 3 is 1.76 bits per heavy atom. The Morgan fingerprint density at radius 2 is 1.34 bits per heavy atom. The van der Waals surface area contributed by atoms with Crippen LogP contribution in [0, 0.1) is 27.0 Å². The zero-order valence-electron chi connectivity index (χ0n) is 34.1. The summed E-state index contributed by atoms with van der Waals surface area (Å²) in [6, 6.07) is 12.9. The fraction of sp³-hybridized carbons (Fsp3) is 0.270. The minimum Gasteiger partial charge on any atom is -1.00 e. The Bertz CT molecular complexity index is 2100. The molecule has 2 aromatic carbocycles. The maximum Gasteiger partial charge on any atom is 1.00 e. The summed E-state index contributed by atoms with van der Waals surface area (Å²) < 4.78 is 26.4. The van der Waals surface area contributed by atoms with Gasteiger partial charge in [0.25, 0.3) is 6.47 Å². The summed E-state index contributed by atoms with van der Waals surface area (Å²) >= 11 is 5.45. The molecule has 2 aliphatic rings. The van der Waals surface area contributed by atoms with Gasteiger partial charge in [-0.2, -0.15) is 0 Å². The maximum absolute atomic E-state index is 11.7. The molecule has 298 valence electrons. The number of benzene rings is 2. The van der Waals surface area contributed by atoms with E-state index in [1.165, 1.54) is 18.5 Å². The van der Waals surface area contributed by atoms with Crippen LogP contribution in [0.25, 0.3) is 9.69 Å². The van der Waals surface area contributed by atoms with Gasteiger partial charge in [-0.25, -0.2) is 14.7 Å². The molecule has 0 amide bonds. The first-order chi connectivity index (χ1) is 27.3. The van der Waals surface area contributed by atoms with E-state index >= 15 is 0 Å². The van der Waals surface area contributed by atoms with E-state index in [9.17, 15) is 24.7 Å². The van der Waals surface area contributed by atoms with Crippen LogP contribution in [0.2, 0.25) is 5.15 Å². The minimum atomic E-state index is -1.14. The molecule has 4 aromatic rings. The van der Waals surface area contributed by atoms with E-state index in [2.05, 4.69) is 24.5 Å². The Hall–Kier alpha value is -1.95. The predicted octanol–water partition coefficient (Wildman–Crippen LogP) is -2.30. The number of esters is 2. The summed E-state index contributed by atoms with van der Waals surface area (Å²) in [7, 11) is -2.24. The molecule has 2 aromatic heterocycles. The van der Waals surface area contributed by atoms with Gasteiger partial charge in [-0.05, 0) is 103 Å². The molecule has 2 atom stereocenters. The van der Waals surface area contributed by atoms with Crippen molar-refractivity contribution in [2.45, 2.75) is 52.7 Å². The van der Waals surface area contributed by atoms with Gasteiger partial charge in [0.15, 0.2) is 0 Å². The number of aromatic nitrogens is 2. The summed E-state index contributed by atoms with van der Waals surface area (Å²) in [5.41, 5.74) is 5.17. The van der Waals surface area contributed by atoms with Crippen molar-refractivity contribution in [3.8, 4) is 17.4 Å². The number of aromatic hydroxyl groups is 1. The monoisotopic (exact) mass is 1070 g/mol. The number of rotatable bonds is 9. The van der Waals surface area contributed by atoms with Crippen LogP contribution in [0.5, 0.6) is 17.4 Å². The Morgan fingerprint density at radius 1 is 0.864 bits per heavy atom. The zero-order chi connectivity index (χ0) is 42.1. The molecule has 0 fully saturated rings. The van der Waals surface area contributed by atoms with Crippen LogP contribution in [0.4, 0.5) is 11.4 Å². The average Bonchev–Trinajstić information content (AvgIpc) is 3.67. The second-order valence-corrected chi connectivity index (χ2v) is 12.1. The van der Waals surface area contributed by atoms with Crippen LogP contribution in [-0.4, -0.2) is 71.0 Å². The smallest absolute Gasteiger partial charge is 1.00 e. The van der Waals surface area contributed by atoms with Crippen LogP contribution in [-0.2, 0) is 38.1 Å². The summed E-state index contributed by atoms with van der Waals surface area (Å²) in [5, 5.41) is 38.3. The van der Waals surface area contributed by atoms with E-state index in [0.717, 1.165) is 22.3 Å². The van der Waals surface area contributed by atoms with Gasteiger partial charge in [0.2, 0.25) is 17.3 Å². The molecule has 0 radical (unpaired) electrons. The molecule has 0 saturated heterocycles. The van der Waals surface area contributed by atoms with Crippen LogP contribution in [0.1, 0.15) is 62.6 Å². The number of ether oxygens (including phenoxy) is 3. The molecule has 3 N–H and O–H groups in total. The SMILES string of the molecule is CCOC(=O)CC1OB(O)c2cc(O)cc(C)c21.O=CO[O-].[C-]#[N+]c1ccc(Cl)nc1.[C-]#[N+]c1ccc(Oc2cc(C)c3c(c2)B(O)OC3CC(=O)OCC)nc1.[Cs+].[Cs+].[H-]. The van der Waals surface area contributed by atoms with Crippen LogP contribution in [0.3, 0.4) is 0 Å². The molecule has 0 spiro atoms. The van der Waals surface area contributed by atoms with E-state index < -0.39 is 26.4 Å². The predicted molar refractivity (Wildman–Crippen MR) is 204 cm³/mol. The maximum atomic E-state index is 11.7. The third-order valence-electron chi connectivity index (χ3n) is 7.83. The molecule has 22 heteroatoms.